The van der Waals surface area contributed by atoms with Crippen molar-refractivity contribution in [3.05, 3.63) is 63.9 Å². The minimum atomic E-state index is -0.298. The smallest absolute Gasteiger partial charge is 0.321 e. The molecule has 2 aromatic carbocycles. The van der Waals surface area contributed by atoms with E-state index in [0.29, 0.717) is 54.0 Å². The molecular formula is C18H18Cl2FN3O. The molecule has 0 unspecified atom stereocenters. The van der Waals surface area contributed by atoms with Crippen LogP contribution in [0.3, 0.4) is 0 Å². The standard InChI is InChI=1S/C18H18Cl2FN3O/c19-13-3-1-4-14(11-13)22-18(25)24-9-7-23(8-10-24)12-15-16(20)5-2-6-17(15)21/h1-6,11H,7-10,12H2,(H,22,25). The number of nitrogens with zero attached hydrogens (tertiary/aromatic N) is 2. The number of benzene rings is 2. The molecule has 1 fully saturated rings. The number of piperazine rings is 1. The van der Waals surface area contributed by atoms with E-state index in [9.17, 15) is 9.18 Å². The number of carbonyl (C=O) groups excluding carboxylic acids is 1. The zero-order valence-corrected chi connectivity index (χ0v) is 15.0. The molecule has 0 atom stereocenters. The molecule has 4 nitrogen and oxygen atoms in total. The Bertz CT molecular complexity index is 743. The van der Waals surface area contributed by atoms with Crippen LogP contribution in [0.2, 0.25) is 10.0 Å². The number of carbonyl (C=O) groups is 1. The molecule has 0 aromatic heterocycles. The van der Waals surface area contributed by atoms with E-state index in [1.165, 1.54) is 6.07 Å². The van der Waals surface area contributed by atoms with E-state index in [2.05, 4.69) is 10.2 Å². The second-order valence-corrected chi connectivity index (χ2v) is 6.75. The van der Waals surface area contributed by atoms with E-state index < -0.39 is 0 Å². The molecule has 3 rings (SSSR count). The summed E-state index contributed by atoms with van der Waals surface area (Å²) in [5.74, 6) is -0.298. The second-order valence-electron chi connectivity index (χ2n) is 5.90. The zero-order valence-electron chi connectivity index (χ0n) is 13.5. The maximum Gasteiger partial charge on any atom is 0.321 e. The van der Waals surface area contributed by atoms with Crippen LogP contribution in [0.1, 0.15) is 5.56 Å². The van der Waals surface area contributed by atoms with E-state index in [-0.39, 0.29) is 11.8 Å². The highest BCUT2D eigenvalue weighted by Crippen LogP contribution is 2.21. The van der Waals surface area contributed by atoms with Crippen LogP contribution in [0.25, 0.3) is 0 Å². The van der Waals surface area contributed by atoms with Crippen molar-refractivity contribution in [1.82, 2.24) is 9.80 Å². The monoisotopic (exact) mass is 381 g/mol. The number of amides is 2. The number of nitrogens with one attached hydrogen (secondary N) is 1. The fourth-order valence-electron chi connectivity index (χ4n) is 2.78. The van der Waals surface area contributed by atoms with Crippen LogP contribution in [0.5, 0.6) is 0 Å². The van der Waals surface area contributed by atoms with Gasteiger partial charge in [-0.1, -0.05) is 35.3 Å². The van der Waals surface area contributed by atoms with E-state index in [4.69, 9.17) is 23.2 Å². The Morgan fingerprint density at radius 3 is 2.48 bits per heavy atom. The number of urea groups is 1. The Balaban J connectivity index is 1.54. The summed E-state index contributed by atoms with van der Waals surface area (Å²) in [7, 11) is 0. The molecule has 0 aliphatic carbocycles. The third kappa shape index (κ3) is 4.63. The SMILES string of the molecule is O=C(Nc1cccc(Cl)c1)N1CCN(Cc2c(F)cccc2Cl)CC1. The molecule has 0 radical (unpaired) electrons. The Morgan fingerprint density at radius 2 is 1.80 bits per heavy atom. The van der Waals surface area contributed by atoms with Gasteiger partial charge in [-0.15, -0.1) is 0 Å². The summed E-state index contributed by atoms with van der Waals surface area (Å²) in [5, 5.41) is 3.84. The van der Waals surface area contributed by atoms with Crippen LogP contribution in [0, 0.1) is 5.82 Å². The highest BCUT2D eigenvalue weighted by Gasteiger charge is 2.22. The van der Waals surface area contributed by atoms with Gasteiger partial charge < -0.3 is 10.2 Å². The molecular weight excluding hydrogens is 364 g/mol. The molecule has 0 bridgehead atoms. The van der Waals surface area contributed by atoms with Gasteiger partial charge in [0.1, 0.15) is 5.82 Å². The van der Waals surface area contributed by atoms with E-state index >= 15 is 0 Å². The van der Waals surface area contributed by atoms with Gasteiger partial charge in [0, 0.05) is 54.0 Å². The van der Waals surface area contributed by atoms with Crippen LogP contribution < -0.4 is 5.32 Å². The first-order chi connectivity index (χ1) is 12.0. The minimum absolute atomic E-state index is 0.161. The lowest BCUT2D eigenvalue weighted by molar-refractivity contribution is 0.142. The number of rotatable bonds is 3. The first-order valence-electron chi connectivity index (χ1n) is 7.99. The van der Waals surface area contributed by atoms with E-state index in [0.717, 1.165) is 0 Å². The van der Waals surface area contributed by atoms with Gasteiger partial charge in [0.25, 0.3) is 0 Å². The number of halogens is 3. The minimum Gasteiger partial charge on any atom is -0.322 e. The van der Waals surface area contributed by atoms with E-state index in [1.54, 1.807) is 41.3 Å². The van der Waals surface area contributed by atoms with Gasteiger partial charge in [0.05, 0.1) is 0 Å². The van der Waals surface area contributed by atoms with Crippen molar-refractivity contribution in [3.8, 4) is 0 Å². The van der Waals surface area contributed by atoms with Gasteiger partial charge in [-0.25, -0.2) is 9.18 Å². The molecule has 1 heterocycles. The highest BCUT2D eigenvalue weighted by atomic mass is 35.5. The first-order valence-corrected chi connectivity index (χ1v) is 8.75. The number of anilines is 1. The molecule has 2 amide bonds. The second kappa shape index (κ2) is 8.04. The Labute approximate surface area is 156 Å². The first kappa shape index (κ1) is 18.0. The summed E-state index contributed by atoms with van der Waals surface area (Å²) in [6.45, 7) is 2.90. The van der Waals surface area contributed by atoms with Gasteiger partial charge in [0.2, 0.25) is 0 Å². The lowest BCUT2D eigenvalue weighted by Gasteiger charge is -2.34. The number of hydrogen-bond acceptors (Lipinski definition) is 2. The number of hydrogen-bond donors (Lipinski definition) is 1. The third-order valence-electron chi connectivity index (χ3n) is 4.18. The molecule has 1 aliphatic heterocycles. The van der Waals surface area contributed by atoms with Gasteiger partial charge in [-0.3, -0.25) is 4.90 Å². The molecule has 1 saturated heterocycles. The normalized spacial score (nSPS) is 15.2. The fraction of sp³-hybridized carbons (Fsp3) is 0.278. The van der Waals surface area contributed by atoms with Crippen LogP contribution >= 0.6 is 23.2 Å². The Hall–Kier alpha value is -1.82. The molecule has 1 aliphatic rings. The summed E-state index contributed by atoms with van der Waals surface area (Å²) in [6.07, 6.45) is 0. The summed E-state index contributed by atoms with van der Waals surface area (Å²) in [5.41, 5.74) is 1.17. The predicted octanol–water partition coefficient (Wildman–Crippen LogP) is 4.48. The average Bonchev–Trinajstić information content (AvgIpc) is 2.59. The van der Waals surface area contributed by atoms with Crippen LogP contribution in [-0.2, 0) is 6.54 Å². The van der Waals surface area contributed by atoms with Gasteiger partial charge in [-0.2, -0.15) is 0 Å². The lowest BCUT2D eigenvalue weighted by Crippen LogP contribution is -2.49. The van der Waals surface area contributed by atoms with Crippen molar-refractivity contribution in [2.75, 3.05) is 31.5 Å². The van der Waals surface area contributed by atoms with Crippen molar-refractivity contribution >= 4 is 34.9 Å². The molecule has 7 heteroatoms. The van der Waals surface area contributed by atoms with E-state index in [1.807, 2.05) is 0 Å². The average molecular weight is 382 g/mol. The maximum atomic E-state index is 13.9. The van der Waals surface area contributed by atoms with Crippen LogP contribution in [0.4, 0.5) is 14.9 Å². The molecule has 2 aromatic rings. The molecule has 25 heavy (non-hydrogen) atoms. The summed E-state index contributed by atoms with van der Waals surface area (Å²) in [4.78, 5) is 16.2. The highest BCUT2D eigenvalue weighted by molar-refractivity contribution is 6.31. The van der Waals surface area contributed by atoms with Crippen molar-refractivity contribution in [3.63, 3.8) is 0 Å². The van der Waals surface area contributed by atoms with Crippen molar-refractivity contribution in [2.45, 2.75) is 6.54 Å². The quantitative estimate of drug-likeness (QED) is 0.850. The Morgan fingerprint density at radius 1 is 1.08 bits per heavy atom. The van der Waals surface area contributed by atoms with Crippen molar-refractivity contribution < 1.29 is 9.18 Å². The predicted molar refractivity (Wildman–Crippen MR) is 98.7 cm³/mol. The molecule has 1 N–H and O–H groups in total. The Kier molecular flexibility index (Phi) is 5.78. The van der Waals surface area contributed by atoms with Crippen LogP contribution in [-0.4, -0.2) is 42.0 Å². The van der Waals surface area contributed by atoms with Gasteiger partial charge in [0.15, 0.2) is 0 Å². The third-order valence-corrected chi connectivity index (χ3v) is 4.77. The molecule has 132 valence electrons. The largest absolute Gasteiger partial charge is 0.322 e. The molecule has 0 saturated carbocycles. The zero-order chi connectivity index (χ0) is 17.8. The van der Waals surface area contributed by atoms with Crippen molar-refractivity contribution in [1.29, 1.82) is 0 Å². The molecule has 0 spiro atoms. The van der Waals surface area contributed by atoms with Crippen LogP contribution in [0.15, 0.2) is 42.5 Å². The van der Waals surface area contributed by atoms with Crippen molar-refractivity contribution in [2.24, 2.45) is 0 Å². The summed E-state index contributed by atoms with van der Waals surface area (Å²) >= 11 is 12.0. The lowest BCUT2D eigenvalue weighted by atomic mass is 10.2. The van der Waals surface area contributed by atoms with Gasteiger partial charge in [-0.05, 0) is 30.3 Å². The topological polar surface area (TPSA) is 35.6 Å². The maximum absolute atomic E-state index is 13.9. The summed E-state index contributed by atoms with van der Waals surface area (Å²) in [6, 6.07) is 11.6. The van der Waals surface area contributed by atoms with Gasteiger partial charge >= 0.3 is 6.03 Å². The fourth-order valence-corrected chi connectivity index (χ4v) is 3.20. The summed E-state index contributed by atoms with van der Waals surface area (Å²) < 4.78 is 13.9.